The fourth-order valence-corrected chi connectivity index (χ4v) is 4.85. The Morgan fingerprint density at radius 1 is 0.939 bits per heavy atom. The second-order valence-corrected chi connectivity index (χ2v) is 9.37. The molecule has 0 fully saturated rings. The van der Waals surface area contributed by atoms with Gasteiger partial charge in [-0.25, -0.2) is 8.42 Å². The lowest BCUT2D eigenvalue weighted by atomic mass is 10.1. The molecule has 8 heteroatoms. The number of benzene rings is 3. The molecule has 0 unspecified atom stereocenters. The van der Waals surface area contributed by atoms with Gasteiger partial charge in [0.1, 0.15) is 5.58 Å². The maximum atomic E-state index is 12.9. The minimum absolute atomic E-state index is 0.0898. The summed E-state index contributed by atoms with van der Waals surface area (Å²) in [6.07, 6.45) is 0. The molecule has 3 aromatic carbocycles. The number of sulfonamides is 1. The maximum Gasteiger partial charge on any atom is 0.291 e. The molecule has 1 aromatic heterocycles. The zero-order valence-corrected chi connectivity index (χ0v) is 19.3. The highest BCUT2D eigenvalue weighted by Crippen LogP contribution is 2.28. The lowest BCUT2D eigenvalue weighted by Crippen LogP contribution is -2.15. The number of para-hydroxylation sites is 2. The molecular formula is C25H24N2O5S. The van der Waals surface area contributed by atoms with E-state index in [4.69, 9.17) is 9.15 Å². The molecule has 0 aliphatic carbocycles. The molecule has 0 radical (unpaired) electrons. The van der Waals surface area contributed by atoms with E-state index in [1.165, 1.54) is 24.3 Å². The number of hydrogen-bond donors (Lipinski definition) is 2. The minimum atomic E-state index is -3.78. The highest BCUT2D eigenvalue weighted by atomic mass is 32.2. The van der Waals surface area contributed by atoms with Crippen LogP contribution in [-0.4, -0.2) is 21.4 Å². The van der Waals surface area contributed by atoms with Gasteiger partial charge in [0.15, 0.2) is 5.76 Å². The molecule has 33 heavy (non-hydrogen) atoms. The molecular weight excluding hydrogens is 440 g/mol. The van der Waals surface area contributed by atoms with Crippen LogP contribution in [-0.2, 0) is 21.4 Å². The Kier molecular flexibility index (Phi) is 6.22. The molecule has 0 bridgehead atoms. The number of methoxy groups -OCH3 is 1. The van der Waals surface area contributed by atoms with Crippen LogP contribution in [0.25, 0.3) is 11.0 Å². The number of furan rings is 1. The monoisotopic (exact) mass is 464 g/mol. The Labute approximate surface area is 192 Å². The fraction of sp³-hybridized carbons (Fsp3) is 0.160. The summed E-state index contributed by atoms with van der Waals surface area (Å²) in [7, 11) is -2.23. The van der Waals surface area contributed by atoms with E-state index in [1.807, 2.05) is 50.2 Å². The smallest absolute Gasteiger partial charge is 0.291 e. The van der Waals surface area contributed by atoms with Crippen molar-refractivity contribution in [2.75, 3.05) is 17.1 Å². The van der Waals surface area contributed by atoms with E-state index in [0.717, 1.165) is 16.5 Å². The van der Waals surface area contributed by atoms with Crippen LogP contribution in [0.2, 0.25) is 0 Å². The standard InChI is InChI=1S/C25H24N2O5S/c1-16-7-6-8-17(2)23(16)27-33(29,30)19-13-11-18(12-14-19)26-25(28)24-21(15-31-3)20-9-4-5-10-22(20)32-24/h4-14,27H,15H2,1-3H3,(H,26,28). The van der Waals surface area contributed by atoms with Crippen LogP contribution in [0, 0.1) is 13.8 Å². The Morgan fingerprint density at radius 3 is 2.27 bits per heavy atom. The Hall–Kier alpha value is -3.62. The lowest BCUT2D eigenvalue weighted by Gasteiger charge is -2.13. The largest absolute Gasteiger partial charge is 0.451 e. The van der Waals surface area contributed by atoms with Crippen molar-refractivity contribution in [1.29, 1.82) is 0 Å². The quantitative estimate of drug-likeness (QED) is 0.389. The Morgan fingerprint density at radius 2 is 1.61 bits per heavy atom. The third-order valence-corrected chi connectivity index (χ3v) is 6.70. The average molecular weight is 465 g/mol. The number of hydrogen-bond acceptors (Lipinski definition) is 5. The van der Waals surface area contributed by atoms with Crippen molar-refractivity contribution >= 4 is 38.3 Å². The molecule has 0 atom stereocenters. The lowest BCUT2D eigenvalue weighted by molar-refractivity contribution is 0.0992. The van der Waals surface area contributed by atoms with Crippen molar-refractivity contribution in [2.45, 2.75) is 25.3 Å². The fourth-order valence-electron chi connectivity index (χ4n) is 3.64. The number of nitrogens with one attached hydrogen (secondary N) is 2. The Bertz CT molecular complexity index is 1400. The van der Waals surface area contributed by atoms with E-state index in [0.29, 0.717) is 22.5 Å². The van der Waals surface area contributed by atoms with Gasteiger partial charge >= 0.3 is 0 Å². The number of carbonyl (C=O) groups excluding carboxylic acids is 1. The van der Waals surface area contributed by atoms with E-state index in [1.54, 1.807) is 13.2 Å². The molecule has 2 N–H and O–H groups in total. The number of carbonyl (C=O) groups is 1. The third kappa shape index (κ3) is 4.62. The number of amides is 1. The van der Waals surface area contributed by atoms with Gasteiger partial charge in [-0.1, -0.05) is 36.4 Å². The van der Waals surface area contributed by atoms with Gasteiger partial charge in [0.25, 0.3) is 15.9 Å². The summed E-state index contributed by atoms with van der Waals surface area (Å²) in [5.41, 5.74) is 3.91. The van der Waals surface area contributed by atoms with Gasteiger partial charge in [0.05, 0.1) is 17.2 Å². The maximum absolute atomic E-state index is 12.9. The van der Waals surface area contributed by atoms with E-state index in [-0.39, 0.29) is 17.3 Å². The second-order valence-electron chi connectivity index (χ2n) is 7.69. The van der Waals surface area contributed by atoms with Crippen molar-refractivity contribution < 1.29 is 22.4 Å². The topological polar surface area (TPSA) is 97.6 Å². The zero-order chi connectivity index (χ0) is 23.6. The third-order valence-electron chi connectivity index (χ3n) is 5.33. The Balaban J connectivity index is 1.55. The van der Waals surface area contributed by atoms with Crippen LogP contribution >= 0.6 is 0 Å². The minimum Gasteiger partial charge on any atom is -0.451 e. The number of rotatable bonds is 7. The van der Waals surface area contributed by atoms with Gasteiger partial charge in [-0.3, -0.25) is 9.52 Å². The number of fused-ring (bicyclic) bond motifs is 1. The summed E-state index contributed by atoms with van der Waals surface area (Å²) in [6.45, 7) is 3.92. The van der Waals surface area contributed by atoms with Crippen LogP contribution in [0.5, 0.6) is 0 Å². The van der Waals surface area contributed by atoms with Crippen LogP contribution < -0.4 is 10.0 Å². The van der Waals surface area contributed by atoms with Gasteiger partial charge in [-0.15, -0.1) is 0 Å². The van der Waals surface area contributed by atoms with Crippen molar-refractivity contribution in [3.8, 4) is 0 Å². The normalized spacial score (nSPS) is 11.5. The van der Waals surface area contributed by atoms with Gasteiger partial charge in [-0.2, -0.15) is 0 Å². The molecule has 4 rings (SSSR count). The second kappa shape index (κ2) is 9.09. The van der Waals surface area contributed by atoms with E-state index in [9.17, 15) is 13.2 Å². The highest BCUT2D eigenvalue weighted by molar-refractivity contribution is 7.92. The summed E-state index contributed by atoms with van der Waals surface area (Å²) in [5, 5.41) is 3.57. The summed E-state index contributed by atoms with van der Waals surface area (Å²) in [5.74, 6) is -0.283. The molecule has 0 saturated heterocycles. The first-order valence-corrected chi connectivity index (χ1v) is 11.8. The number of aryl methyl sites for hydroxylation is 2. The van der Waals surface area contributed by atoms with E-state index < -0.39 is 15.9 Å². The zero-order valence-electron chi connectivity index (χ0n) is 18.5. The van der Waals surface area contributed by atoms with Crippen LogP contribution in [0.15, 0.2) is 76.0 Å². The van der Waals surface area contributed by atoms with Crippen molar-refractivity contribution in [3.63, 3.8) is 0 Å². The molecule has 1 amide bonds. The average Bonchev–Trinajstić information content (AvgIpc) is 3.16. The first-order valence-electron chi connectivity index (χ1n) is 10.3. The molecule has 0 saturated carbocycles. The number of anilines is 2. The molecule has 7 nitrogen and oxygen atoms in total. The first kappa shape index (κ1) is 22.6. The van der Waals surface area contributed by atoms with E-state index >= 15 is 0 Å². The summed E-state index contributed by atoms with van der Waals surface area (Å²) in [4.78, 5) is 13.0. The van der Waals surface area contributed by atoms with Gasteiger partial charge in [0, 0.05) is 23.7 Å². The summed E-state index contributed by atoms with van der Waals surface area (Å²) < 4.78 is 39.3. The SMILES string of the molecule is COCc1c(C(=O)Nc2ccc(S(=O)(=O)Nc3c(C)cccc3C)cc2)oc2ccccc12. The molecule has 0 spiro atoms. The predicted molar refractivity (Wildman–Crippen MR) is 128 cm³/mol. The predicted octanol–water partition coefficient (Wildman–Crippen LogP) is 5.25. The summed E-state index contributed by atoms with van der Waals surface area (Å²) >= 11 is 0. The van der Waals surface area contributed by atoms with Gasteiger partial charge in [0.2, 0.25) is 0 Å². The van der Waals surface area contributed by atoms with Crippen molar-refractivity contribution in [1.82, 2.24) is 0 Å². The molecule has 0 aliphatic heterocycles. The summed E-state index contributed by atoms with van der Waals surface area (Å²) in [6, 6.07) is 18.9. The van der Waals surface area contributed by atoms with Crippen LogP contribution in [0.3, 0.4) is 0 Å². The highest BCUT2D eigenvalue weighted by Gasteiger charge is 2.21. The molecule has 1 heterocycles. The molecule has 4 aromatic rings. The van der Waals surface area contributed by atoms with Gasteiger partial charge in [-0.05, 0) is 55.3 Å². The van der Waals surface area contributed by atoms with E-state index in [2.05, 4.69) is 10.0 Å². The van der Waals surface area contributed by atoms with Gasteiger partial charge < -0.3 is 14.5 Å². The number of ether oxygens (including phenoxy) is 1. The van der Waals surface area contributed by atoms with Crippen LogP contribution in [0.1, 0.15) is 27.2 Å². The van der Waals surface area contributed by atoms with Crippen molar-refractivity contribution in [2.24, 2.45) is 0 Å². The first-order chi connectivity index (χ1) is 15.8. The molecule has 0 aliphatic rings. The molecule has 170 valence electrons. The van der Waals surface area contributed by atoms with Crippen LogP contribution in [0.4, 0.5) is 11.4 Å². The van der Waals surface area contributed by atoms with Crippen molar-refractivity contribution in [3.05, 3.63) is 89.2 Å².